The first kappa shape index (κ1) is 14.3. The van der Waals surface area contributed by atoms with Crippen molar-refractivity contribution >= 4 is 16.8 Å². The number of Topliss-reactive ketones (excluding diaryl/α,β-unsaturated/α-hetero) is 1. The Labute approximate surface area is 123 Å². The van der Waals surface area contributed by atoms with E-state index in [0.717, 1.165) is 32.4 Å². The largest absolute Gasteiger partial charge is 0.453 e. The van der Waals surface area contributed by atoms with E-state index in [-0.39, 0.29) is 11.6 Å². The maximum Gasteiger partial charge on any atom is 0.217 e. The maximum atomic E-state index is 13.3. The Bertz CT molecular complexity index is 672. The molecule has 0 N–H and O–H groups in total. The number of likely N-dealkylation sites (tertiary alicyclic amines) is 1. The lowest BCUT2D eigenvalue weighted by atomic mass is 9.89. The predicted octanol–water partition coefficient (Wildman–Crippen LogP) is 4.02. The lowest BCUT2D eigenvalue weighted by Gasteiger charge is -2.35. The summed E-state index contributed by atoms with van der Waals surface area (Å²) in [5.41, 5.74) is 0.0164. The van der Waals surface area contributed by atoms with Crippen molar-refractivity contribution in [3.63, 3.8) is 0 Å². The van der Waals surface area contributed by atoms with E-state index < -0.39 is 5.54 Å². The van der Waals surface area contributed by atoms with Crippen LogP contribution in [0.3, 0.4) is 0 Å². The highest BCUT2D eigenvalue weighted by atomic mass is 19.1. The summed E-state index contributed by atoms with van der Waals surface area (Å²) < 4.78 is 18.9. The summed E-state index contributed by atoms with van der Waals surface area (Å²) in [7, 11) is 0. The minimum absolute atomic E-state index is 0.0106. The Balaban J connectivity index is 1.97. The molecule has 0 spiro atoms. The van der Waals surface area contributed by atoms with Crippen molar-refractivity contribution in [1.29, 1.82) is 0 Å². The molecule has 1 fully saturated rings. The first-order chi connectivity index (χ1) is 10.0. The predicted molar refractivity (Wildman–Crippen MR) is 80.0 cm³/mol. The fraction of sp³-hybridized carbons (Fsp3) is 0.471. The third-order valence-electron chi connectivity index (χ3n) is 4.68. The zero-order valence-corrected chi connectivity index (χ0v) is 12.5. The van der Waals surface area contributed by atoms with E-state index in [1.807, 2.05) is 13.8 Å². The Hall–Kier alpha value is -1.68. The van der Waals surface area contributed by atoms with Crippen LogP contribution in [-0.2, 0) is 0 Å². The first-order valence-electron chi connectivity index (χ1n) is 7.53. The van der Waals surface area contributed by atoms with Gasteiger partial charge < -0.3 is 4.42 Å². The summed E-state index contributed by atoms with van der Waals surface area (Å²) in [6.45, 7) is 5.91. The van der Waals surface area contributed by atoms with E-state index in [0.29, 0.717) is 16.7 Å². The molecule has 2 heterocycles. The Morgan fingerprint density at radius 2 is 2.05 bits per heavy atom. The smallest absolute Gasteiger partial charge is 0.217 e. The molecular formula is C17H20FNO2. The quantitative estimate of drug-likeness (QED) is 0.797. The van der Waals surface area contributed by atoms with E-state index in [9.17, 15) is 9.18 Å². The second-order valence-corrected chi connectivity index (χ2v) is 5.94. The van der Waals surface area contributed by atoms with E-state index in [2.05, 4.69) is 4.90 Å². The van der Waals surface area contributed by atoms with Gasteiger partial charge in [0.05, 0.1) is 5.54 Å². The molecule has 3 rings (SSSR count). The molecule has 1 aliphatic heterocycles. The van der Waals surface area contributed by atoms with Crippen LogP contribution in [0.2, 0.25) is 0 Å². The number of halogens is 1. The van der Waals surface area contributed by atoms with Crippen LogP contribution in [0.4, 0.5) is 4.39 Å². The number of furan rings is 1. The van der Waals surface area contributed by atoms with Crippen molar-refractivity contribution in [2.75, 3.05) is 13.1 Å². The number of ketones is 1. The third kappa shape index (κ3) is 2.38. The molecule has 21 heavy (non-hydrogen) atoms. The highest BCUT2D eigenvalue weighted by Gasteiger charge is 2.40. The number of rotatable bonds is 4. The summed E-state index contributed by atoms with van der Waals surface area (Å²) in [6, 6.07) is 5.97. The fourth-order valence-corrected chi connectivity index (χ4v) is 3.13. The van der Waals surface area contributed by atoms with Gasteiger partial charge in [0.2, 0.25) is 5.78 Å². The number of fused-ring (bicyclic) bond motifs is 1. The zero-order chi connectivity index (χ0) is 15.0. The van der Waals surface area contributed by atoms with Gasteiger partial charge in [0, 0.05) is 5.39 Å². The van der Waals surface area contributed by atoms with E-state index in [1.165, 1.54) is 12.1 Å². The van der Waals surface area contributed by atoms with Gasteiger partial charge in [-0.05, 0) is 63.5 Å². The summed E-state index contributed by atoms with van der Waals surface area (Å²) in [4.78, 5) is 15.1. The fourth-order valence-electron chi connectivity index (χ4n) is 3.13. The minimum atomic E-state index is -0.539. The van der Waals surface area contributed by atoms with Crippen LogP contribution in [0.1, 0.15) is 43.7 Å². The van der Waals surface area contributed by atoms with Crippen LogP contribution in [0.5, 0.6) is 0 Å². The summed E-state index contributed by atoms with van der Waals surface area (Å²) in [5.74, 6) is -0.00421. The molecule has 1 aromatic carbocycles. The number of hydrogen-bond donors (Lipinski definition) is 0. The molecule has 1 unspecified atom stereocenters. The third-order valence-corrected chi connectivity index (χ3v) is 4.68. The van der Waals surface area contributed by atoms with Crippen LogP contribution >= 0.6 is 0 Å². The molecule has 4 heteroatoms. The maximum absolute atomic E-state index is 13.3. The van der Waals surface area contributed by atoms with Gasteiger partial charge in [-0.3, -0.25) is 9.69 Å². The minimum Gasteiger partial charge on any atom is -0.453 e. The zero-order valence-electron chi connectivity index (χ0n) is 12.5. The molecule has 2 aromatic rings. The molecule has 3 nitrogen and oxygen atoms in total. The van der Waals surface area contributed by atoms with Crippen LogP contribution in [0.15, 0.2) is 28.7 Å². The van der Waals surface area contributed by atoms with Crippen LogP contribution in [-0.4, -0.2) is 29.3 Å². The molecule has 0 radical (unpaired) electrons. The molecule has 1 aromatic heterocycles. The summed E-state index contributed by atoms with van der Waals surface area (Å²) in [6.07, 6.45) is 3.00. The molecule has 112 valence electrons. The van der Waals surface area contributed by atoms with Crippen molar-refractivity contribution < 1.29 is 13.6 Å². The van der Waals surface area contributed by atoms with E-state index >= 15 is 0 Å². The molecule has 0 aliphatic carbocycles. The van der Waals surface area contributed by atoms with Gasteiger partial charge in [-0.15, -0.1) is 0 Å². The van der Waals surface area contributed by atoms with E-state index in [4.69, 9.17) is 4.42 Å². The van der Waals surface area contributed by atoms with Crippen molar-refractivity contribution in [2.45, 2.75) is 38.6 Å². The van der Waals surface area contributed by atoms with Gasteiger partial charge in [0.25, 0.3) is 0 Å². The SMILES string of the molecule is CCC(C)(C(=O)c1cc2cc(F)ccc2o1)N1CCCC1. The van der Waals surface area contributed by atoms with Gasteiger partial charge in [-0.2, -0.15) is 0 Å². The summed E-state index contributed by atoms with van der Waals surface area (Å²) in [5, 5.41) is 0.637. The van der Waals surface area contributed by atoms with Crippen molar-refractivity contribution in [2.24, 2.45) is 0 Å². The lowest BCUT2D eigenvalue weighted by molar-refractivity contribution is 0.0620. The molecule has 1 atom stereocenters. The Morgan fingerprint density at radius 1 is 1.33 bits per heavy atom. The molecule has 0 bridgehead atoms. The van der Waals surface area contributed by atoms with Crippen molar-refractivity contribution in [1.82, 2.24) is 4.90 Å². The highest BCUT2D eigenvalue weighted by Crippen LogP contribution is 2.30. The van der Waals surface area contributed by atoms with Crippen LogP contribution in [0, 0.1) is 5.82 Å². The second kappa shape index (κ2) is 5.26. The number of nitrogens with zero attached hydrogens (tertiary/aromatic N) is 1. The Kier molecular flexibility index (Phi) is 3.57. The first-order valence-corrected chi connectivity index (χ1v) is 7.53. The van der Waals surface area contributed by atoms with Gasteiger partial charge in [0.1, 0.15) is 11.4 Å². The normalized spacial score (nSPS) is 19.0. The van der Waals surface area contributed by atoms with Crippen molar-refractivity contribution in [3.8, 4) is 0 Å². The average molecular weight is 289 g/mol. The van der Waals surface area contributed by atoms with Crippen molar-refractivity contribution in [3.05, 3.63) is 35.8 Å². The lowest BCUT2D eigenvalue weighted by Crippen LogP contribution is -2.50. The van der Waals surface area contributed by atoms with E-state index in [1.54, 1.807) is 12.1 Å². The van der Waals surface area contributed by atoms with Gasteiger partial charge in [-0.1, -0.05) is 6.92 Å². The number of hydrogen-bond acceptors (Lipinski definition) is 3. The average Bonchev–Trinajstić information content (AvgIpc) is 3.14. The molecule has 1 saturated heterocycles. The van der Waals surface area contributed by atoms with Crippen LogP contribution < -0.4 is 0 Å². The van der Waals surface area contributed by atoms with Crippen LogP contribution in [0.25, 0.3) is 11.0 Å². The second-order valence-electron chi connectivity index (χ2n) is 5.94. The van der Waals surface area contributed by atoms with Gasteiger partial charge in [0.15, 0.2) is 5.76 Å². The molecule has 0 amide bonds. The van der Waals surface area contributed by atoms with Gasteiger partial charge in [-0.25, -0.2) is 4.39 Å². The monoisotopic (exact) mass is 289 g/mol. The number of carbonyl (C=O) groups excluding carboxylic acids is 1. The molecule has 1 aliphatic rings. The number of carbonyl (C=O) groups is 1. The molecule has 0 saturated carbocycles. The number of benzene rings is 1. The molecular weight excluding hydrogens is 269 g/mol. The summed E-state index contributed by atoms with van der Waals surface area (Å²) >= 11 is 0. The highest BCUT2D eigenvalue weighted by molar-refractivity contribution is 6.03. The standard InChI is InChI=1S/C17H20FNO2/c1-3-17(2,19-8-4-5-9-19)16(20)15-11-12-10-13(18)6-7-14(12)21-15/h6-7,10-11H,3-5,8-9H2,1-2H3. The topological polar surface area (TPSA) is 33.5 Å². The van der Waals surface area contributed by atoms with Gasteiger partial charge >= 0.3 is 0 Å². The Morgan fingerprint density at radius 3 is 2.71 bits per heavy atom.